The van der Waals surface area contributed by atoms with Crippen LogP contribution in [0.1, 0.15) is 39.5 Å². The van der Waals surface area contributed by atoms with Crippen LogP contribution in [0.15, 0.2) is 0 Å². The topological polar surface area (TPSA) is 34.1 Å². The van der Waals surface area contributed by atoms with Gasteiger partial charge in [-0.05, 0) is 12.8 Å². The van der Waals surface area contributed by atoms with Crippen molar-refractivity contribution in [1.82, 2.24) is 0 Å². The van der Waals surface area contributed by atoms with Gasteiger partial charge in [-0.15, -0.1) is 11.8 Å². The summed E-state index contributed by atoms with van der Waals surface area (Å²) in [4.78, 5) is 21.2. The van der Waals surface area contributed by atoms with Crippen LogP contribution >= 0.6 is 11.8 Å². The summed E-state index contributed by atoms with van der Waals surface area (Å²) in [5.41, 5.74) is 0. The molecule has 0 fully saturated rings. The molecule has 0 radical (unpaired) electrons. The molecule has 3 heteroatoms. The van der Waals surface area contributed by atoms with Crippen molar-refractivity contribution in [3.8, 4) is 0 Å². The summed E-state index contributed by atoms with van der Waals surface area (Å²) in [5.74, 6) is 0. The lowest BCUT2D eigenvalue weighted by Gasteiger charge is -2.13. The van der Waals surface area contributed by atoms with Crippen LogP contribution in [0.3, 0.4) is 0 Å². The van der Waals surface area contributed by atoms with Gasteiger partial charge in [-0.2, -0.15) is 0 Å². The van der Waals surface area contributed by atoms with Gasteiger partial charge in [0.1, 0.15) is 12.6 Å². The third kappa shape index (κ3) is 5.86. The van der Waals surface area contributed by atoms with E-state index in [4.69, 9.17) is 0 Å². The molecule has 2 unspecified atom stereocenters. The van der Waals surface area contributed by atoms with Gasteiger partial charge in [-0.1, -0.05) is 26.7 Å². The van der Waals surface area contributed by atoms with Crippen LogP contribution in [0, 0.1) is 0 Å². The lowest BCUT2D eigenvalue weighted by molar-refractivity contribution is -0.107. The van der Waals surface area contributed by atoms with E-state index in [0.29, 0.717) is 0 Å². The van der Waals surface area contributed by atoms with E-state index in [-0.39, 0.29) is 10.5 Å². The van der Waals surface area contributed by atoms with Crippen molar-refractivity contribution in [2.45, 2.75) is 50.0 Å². The molecule has 2 atom stereocenters. The Labute approximate surface area is 84.5 Å². The number of hydrogen-bond donors (Lipinski definition) is 0. The average Bonchev–Trinajstić information content (AvgIpc) is 2.16. The van der Waals surface area contributed by atoms with E-state index < -0.39 is 0 Å². The normalized spacial score (nSPS) is 14.9. The first-order valence-electron chi connectivity index (χ1n) is 4.84. The predicted molar refractivity (Wildman–Crippen MR) is 57.1 cm³/mol. The highest BCUT2D eigenvalue weighted by atomic mass is 32.2. The molecule has 0 amide bonds. The maximum absolute atomic E-state index is 10.6. The number of hydrogen-bond acceptors (Lipinski definition) is 3. The zero-order valence-electron chi connectivity index (χ0n) is 8.36. The Kier molecular flexibility index (Phi) is 8.10. The number of rotatable bonds is 8. The Morgan fingerprint density at radius 3 is 1.62 bits per heavy atom. The summed E-state index contributed by atoms with van der Waals surface area (Å²) in [6, 6.07) is 0. The van der Waals surface area contributed by atoms with Crippen molar-refractivity contribution in [3.63, 3.8) is 0 Å². The molecule has 0 saturated heterocycles. The lowest BCUT2D eigenvalue weighted by Crippen LogP contribution is -2.13. The van der Waals surface area contributed by atoms with E-state index in [1.54, 1.807) is 0 Å². The number of carbonyl (C=O) groups excluding carboxylic acids is 2. The van der Waals surface area contributed by atoms with E-state index in [0.717, 1.165) is 38.3 Å². The number of aldehydes is 2. The molecule has 0 aliphatic rings. The highest BCUT2D eigenvalue weighted by Crippen LogP contribution is 2.22. The van der Waals surface area contributed by atoms with Crippen molar-refractivity contribution in [2.75, 3.05) is 0 Å². The summed E-state index contributed by atoms with van der Waals surface area (Å²) >= 11 is 1.50. The van der Waals surface area contributed by atoms with E-state index >= 15 is 0 Å². The highest BCUT2D eigenvalue weighted by Gasteiger charge is 2.14. The van der Waals surface area contributed by atoms with E-state index in [9.17, 15) is 9.59 Å². The molecule has 0 saturated carbocycles. The van der Waals surface area contributed by atoms with Gasteiger partial charge < -0.3 is 9.59 Å². The van der Waals surface area contributed by atoms with Crippen molar-refractivity contribution in [3.05, 3.63) is 0 Å². The van der Waals surface area contributed by atoms with Crippen LogP contribution in [0.4, 0.5) is 0 Å². The number of carbonyl (C=O) groups is 2. The van der Waals surface area contributed by atoms with Gasteiger partial charge in [-0.3, -0.25) is 0 Å². The zero-order chi connectivity index (χ0) is 10.1. The first kappa shape index (κ1) is 12.7. The summed E-state index contributed by atoms with van der Waals surface area (Å²) in [6.45, 7) is 4.10. The minimum absolute atomic E-state index is 0.00625. The minimum Gasteiger partial charge on any atom is -0.302 e. The molecule has 0 N–H and O–H groups in total. The fourth-order valence-electron chi connectivity index (χ4n) is 1.13. The van der Waals surface area contributed by atoms with Crippen LogP contribution in [-0.4, -0.2) is 23.1 Å². The second-order valence-corrected chi connectivity index (χ2v) is 4.55. The molecule has 0 heterocycles. The van der Waals surface area contributed by atoms with Crippen molar-refractivity contribution < 1.29 is 9.59 Å². The lowest BCUT2D eigenvalue weighted by atomic mass is 10.2. The SMILES string of the molecule is CCCC(C=O)SC(C=O)CCC. The van der Waals surface area contributed by atoms with Crippen molar-refractivity contribution in [1.29, 1.82) is 0 Å². The van der Waals surface area contributed by atoms with Gasteiger partial charge in [-0.25, -0.2) is 0 Å². The Morgan fingerprint density at radius 2 is 1.38 bits per heavy atom. The average molecular weight is 202 g/mol. The molecule has 13 heavy (non-hydrogen) atoms. The maximum atomic E-state index is 10.6. The Morgan fingerprint density at radius 1 is 1.00 bits per heavy atom. The molecule has 0 aromatic carbocycles. The molecule has 0 rings (SSSR count). The monoisotopic (exact) mass is 202 g/mol. The standard InChI is InChI=1S/C10H18O2S/c1-3-5-9(7-11)13-10(8-12)6-4-2/h7-10H,3-6H2,1-2H3. The molecule has 76 valence electrons. The van der Waals surface area contributed by atoms with Crippen LogP contribution in [0.5, 0.6) is 0 Å². The smallest absolute Gasteiger partial charge is 0.132 e. The second kappa shape index (κ2) is 8.30. The van der Waals surface area contributed by atoms with Crippen LogP contribution < -0.4 is 0 Å². The quantitative estimate of drug-likeness (QED) is 0.567. The molecule has 0 spiro atoms. The van der Waals surface area contributed by atoms with E-state index in [1.807, 2.05) is 13.8 Å². The fourth-order valence-corrected chi connectivity index (χ4v) is 2.45. The predicted octanol–water partition coefficient (Wildman–Crippen LogP) is 2.45. The first-order chi connectivity index (χ1) is 6.28. The molecule has 0 aromatic heterocycles. The van der Waals surface area contributed by atoms with Gasteiger partial charge in [0.05, 0.1) is 10.5 Å². The van der Waals surface area contributed by atoms with Gasteiger partial charge in [0, 0.05) is 0 Å². The molecule has 0 aromatic rings. The van der Waals surface area contributed by atoms with Crippen LogP contribution in [-0.2, 0) is 9.59 Å². The second-order valence-electron chi connectivity index (χ2n) is 3.06. The fraction of sp³-hybridized carbons (Fsp3) is 0.800. The Bertz CT molecular complexity index is 132. The summed E-state index contributed by atoms with van der Waals surface area (Å²) in [6.07, 6.45) is 5.66. The van der Waals surface area contributed by atoms with Crippen molar-refractivity contribution >= 4 is 24.3 Å². The summed E-state index contributed by atoms with van der Waals surface area (Å²) in [5, 5.41) is 0.0125. The third-order valence-corrected chi connectivity index (χ3v) is 3.19. The van der Waals surface area contributed by atoms with Crippen LogP contribution in [0.25, 0.3) is 0 Å². The van der Waals surface area contributed by atoms with Gasteiger partial charge in [0.15, 0.2) is 0 Å². The largest absolute Gasteiger partial charge is 0.302 e. The van der Waals surface area contributed by atoms with Crippen molar-refractivity contribution in [2.24, 2.45) is 0 Å². The first-order valence-corrected chi connectivity index (χ1v) is 5.78. The molecule has 0 aliphatic heterocycles. The molecular formula is C10H18O2S. The summed E-state index contributed by atoms with van der Waals surface area (Å²) < 4.78 is 0. The third-order valence-electron chi connectivity index (χ3n) is 1.80. The zero-order valence-corrected chi connectivity index (χ0v) is 9.18. The van der Waals surface area contributed by atoms with Gasteiger partial charge >= 0.3 is 0 Å². The highest BCUT2D eigenvalue weighted by molar-refractivity contribution is 8.01. The van der Waals surface area contributed by atoms with Gasteiger partial charge in [0.2, 0.25) is 0 Å². The number of thioether (sulfide) groups is 1. The van der Waals surface area contributed by atoms with Gasteiger partial charge in [0.25, 0.3) is 0 Å². The maximum Gasteiger partial charge on any atom is 0.132 e. The Hall–Kier alpha value is -0.310. The van der Waals surface area contributed by atoms with E-state index in [2.05, 4.69) is 0 Å². The van der Waals surface area contributed by atoms with E-state index in [1.165, 1.54) is 11.8 Å². The van der Waals surface area contributed by atoms with Crippen LogP contribution in [0.2, 0.25) is 0 Å². The molecule has 2 nitrogen and oxygen atoms in total. The minimum atomic E-state index is 0.00625. The Balaban J connectivity index is 3.86. The molecular weight excluding hydrogens is 184 g/mol. The molecule has 0 aliphatic carbocycles. The summed E-state index contributed by atoms with van der Waals surface area (Å²) in [7, 11) is 0. The molecule has 0 bridgehead atoms.